The van der Waals surface area contributed by atoms with Gasteiger partial charge in [-0.05, 0) is 19.9 Å². The summed E-state index contributed by atoms with van der Waals surface area (Å²) in [7, 11) is 0. The van der Waals surface area contributed by atoms with Gasteiger partial charge in [-0.1, -0.05) is 18.2 Å². The van der Waals surface area contributed by atoms with E-state index >= 15 is 0 Å². The average molecular weight is 297 g/mol. The third kappa shape index (κ3) is 3.00. The summed E-state index contributed by atoms with van der Waals surface area (Å²) in [4.78, 5) is 12.0. The van der Waals surface area contributed by atoms with Crippen molar-refractivity contribution in [1.82, 2.24) is 19.6 Å². The molecule has 1 amide bonds. The molecule has 22 heavy (non-hydrogen) atoms. The van der Waals surface area contributed by atoms with Crippen LogP contribution in [0.25, 0.3) is 10.9 Å². The van der Waals surface area contributed by atoms with Crippen molar-refractivity contribution < 1.29 is 4.79 Å². The number of hydrogen-bond donors (Lipinski definition) is 1. The maximum atomic E-state index is 12.0. The summed E-state index contributed by atoms with van der Waals surface area (Å²) in [5.41, 5.74) is 1.77. The lowest BCUT2D eigenvalue weighted by atomic mass is 10.2. The van der Waals surface area contributed by atoms with E-state index in [4.69, 9.17) is 0 Å². The van der Waals surface area contributed by atoms with E-state index in [1.54, 1.807) is 6.20 Å². The highest BCUT2D eigenvalue weighted by atomic mass is 16.1. The van der Waals surface area contributed by atoms with Gasteiger partial charge in [0.15, 0.2) is 0 Å². The zero-order chi connectivity index (χ0) is 15.5. The Morgan fingerprint density at radius 1 is 1.23 bits per heavy atom. The van der Waals surface area contributed by atoms with Gasteiger partial charge in [0.05, 0.1) is 30.1 Å². The van der Waals surface area contributed by atoms with E-state index in [1.165, 1.54) is 0 Å². The number of hydrogen-bond acceptors (Lipinski definition) is 3. The molecular formula is C16H19N5O. The second-order valence-corrected chi connectivity index (χ2v) is 5.53. The number of benzene rings is 1. The maximum Gasteiger partial charge on any atom is 0.226 e. The summed E-state index contributed by atoms with van der Waals surface area (Å²) in [5.74, 6) is -0.0390. The number of fused-ring (bicyclic) bond motifs is 1. The van der Waals surface area contributed by atoms with Crippen LogP contribution >= 0.6 is 0 Å². The molecule has 6 heteroatoms. The van der Waals surface area contributed by atoms with E-state index in [0.29, 0.717) is 13.0 Å². The predicted molar refractivity (Wildman–Crippen MR) is 85.6 cm³/mol. The van der Waals surface area contributed by atoms with Crippen LogP contribution in [0.4, 0.5) is 5.69 Å². The highest BCUT2D eigenvalue weighted by Crippen LogP contribution is 2.14. The van der Waals surface area contributed by atoms with Crippen LogP contribution in [0.3, 0.4) is 0 Å². The molecule has 3 aromatic rings. The second-order valence-electron chi connectivity index (χ2n) is 5.53. The van der Waals surface area contributed by atoms with Crippen LogP contribution in [-0.2, 0) is 11.3 Å². The highest BCUT2D eigenvalue weighted by Gasteiger charge is 2.08. The Morgan fingerprint density at radius 3 is 2.82 bits per heavy atom. The largest absolute Gasteiger partial charge is 0.323 e. The van der Waals surface area contributed by atoms with Crippen molar-refractivity contribution in [3.63, 3.8) is 0 Å². The van der Waals surface area contributed by atoms with E-state index in [0.717, 1.165) is 16.6 Å². The molecule has 0 aliphatic heterocycles. The fourth-order valence-electron chi connectivity index (χ4n) is 2.32. The van der Waals surface area contributed by atoms with Crippen molar-refractivity contribution in [3.05, 3.63) is 42.9 Å². The number of anilines is 1. The average Bonchev–Trinajstić information content (AvgIpc) is 3.12. The Kier molecular flexibility index (Phi) is 3.91. The fraction of sp³-hybridized carbons (Fsp3) is 0.312. The maximum absolute atomic E-state index is 12.0. The number of nitrogens with zero attached hydrogens (tertiary/aromatic N) is 4. The summed E-state index contributed by atoms with van der Waals surface area (Å²) in [6, 6.07) is 8.25. The molecule has 1 aromatic carbocycles. The SMILES string of the molecule is CC(C)n1cc(NC(=O)CCn2ncc3ccccc32)cn1. The molecule has 0 spiro atoms. The molecule has 2 heterocycles. The minimum Gasteiger partial charge on any atom is -0.323 e. The summed E-state index contributed by atoms with van der Waals surface area (Å²) in [5, 5.41) is 12.5. The van der Waals surface area contributed by atoms with Crippen LogP contribution in [0, 0.1) is 0 Å². The van der Waals surface area contributed by atoms with Crippen LogP contribution in [0.15, 0.2) is 42.9 Å². The molecule has 114 valence electrons. The van der Waals surface area contributed by atoms with Crippen LogP contribution < -0.4 is 5.32 Å². The molecule has 0 atom stereocenters. The van der Waals surface area contributed by atoms with Gasteiger partial charge in [0.25, 0.3) is 0 Å². The zero-order valence-corrected chi connectivity index (χ0v) is 12.7. The van der Waals surface area contributed by atoms with E-state index in [2.05, 4.69) is 15.5 Å². The van der Waals surface area contributed by atoms with Crippen molar-refractivity contribution in [1.29, 1.82) is 0 Å². The van der Waals surface area contributed by atoms with Gasteiger partial charge < -0.3 is 5.32 Å². The quantitative estimate of drug-likeness (QED) is 0.787. The lowest BCUT2D eigenvalue weighted by Gasteiger charge is -2.05. The summed E-state index contributed by atoms with van der Waals surface area (Å²) in [6.07, 6.45) is 5.70. The minimum absolute atomic E-state index is 0.0390. The Bertz CT molecular complexity index is 787. The lowest BCUT2D eigenvalue weighted by molar-refractivity contribution is -0.116. The number of aryl methyl sites for hydroxylation is 1. The van der Waals surface area contributed by atoms with Crippen LogP contribution in [0.5, 0.6) is 0 Å². The van der Waals surface area contributed by atoms with Crippen molar-refractivity contribution in [2.75, 3.05) is 5.32 Å². The molecule has 0 bridgehead atoms. The minimum atomic E-state index is -0.0390. The topological polar surface area (TPSA) is 64.7 Å². The van der Waals surface area contributed by atoms with Gasteiger partial charge in [0.2, 0.25) is 5.91 Å². The van der Waals surface area contributed by atoms with Gasteiger partial charge in [-0.15, -0.1) is 0 Å². The molecule has 1 N–H and O–H groups in total. The number of nitrogens with one attached hydrogen (secondary N) is 1. The normalized spacial score (nSPS) is 11.2. The molecule has 0 radical (unpaired) electrons. The van der Waals surface area contributed by atoms with E-state index in [9.17, 15) is 4.79 Å². The number of rotatable bonds is 5. The Morgan fingerprint density at radius 2 is 2.05 bits per heavy atom. The first-order chi connectivity index (χ1) is 10.6. The first-order valence-corrected chi connectivity index (χ1v) is 7.38. The molecule has 0 saturated carbocycles. The summed E-state index contributed by atoms with van der Waals surface area (Å²) < 4.78 is 3.67. The Balaban J connectivity index is 1.60. The number of amides is 1. The molecular weight excluding hydrogens is 278 g/mol. The molecule has 0 saturated heterocycles. The van der Waals surface area contributed by atoms with Gasteiger partial charge in [-0.2, -0.15) is 10.2 Å². The number of carbonyl (C=O) groups is 1. The highest BCUT2D eigenvalue weighted by molar-refractivity contribution is 5.90. The van der Waals surface area contributed by atoms with Gasteiger partial charge in [0.1, 0.15) is 0 Å². The molecule has 0 unspecified atom stereocenters. The molecule has 2 aromatic heterocycles. The predicted octanol–water partition coefficient (Wildman–Crippen LogP) is 2.84. The lowest BCUT2D eigenvalue weighted by Crippen LogP contribution is -2.14. The van der Waals surface area contributed by atoms with E-state index in [1.807, 2.05) is 59.9 Å². The number of carbonyl (C=O) groups excluding carboxylic acids is 1. The van der Waals surface area contributed by atoms with Crippen molar-refractivity contribution >= 4 is 22.5 Å². The standard InChI is InChI=1S/C16H19N5O/c1-12(2)21-11-14(10-18-21)19-16(22)7-8-20-15-6-4-3-5-13(15)9-17-20/h3-6,9-12H,7-8H2,1-2H3,(H,19,22). The van der Waals surface area contributed by atoms with Crippen molar-refractivity contribution in [2.24, 2.45) is 0 Å². The van der Waals surface area contributed by atoms with E-state index in [-0.39, 0.29) is 11.9 Å². The van der Waals surface area contributed by atoms with Crippen molar-refractivity contribution in [3.8, 4) is 0 Å². The van der Waals surface area contributed by atoms with Gasteiger partial charge in [0, 0.05) is 24.0 Å². The van der Waals surface area contributed by atoms with Crippen LogP contribution in [-0.4, -0.2) is 25.5 Å². The Labute approximate surface area is 128 Å². The smallest absolute Gasteiger partial charge is 0.226 e. The van der Waals surface area contributed by atoms with E-state index < -0.39 is 0 Å². The Hall–Kier alpha value is -2.63. The van der Waals surface area contributed by atoms with Crippen LogP contribution in [0.2, 0.25) is 0 Å². The van der Waals surface area contributed by atoms with Crippen LogP contribution in [0.1, 0.15) is 26.3 Å². The molecule has 0 aliphatic rings. The van der Waals surface area contributed by atoms with Gasteiger partial charge in [-0.25, -0.2) is 0 Å². The first-order valence-electron chi connectivity index (χ1n) is 7.38. The fourth-order valence-corrected chi connectivity index (χ4v) is 2.32. The van der Waals surface area contributed by atoms with Gasteiger partial charge >= 0.3 is 0 Å². The second kappa shape index (κ2) is 6.01. The summed E-state index contributed by atoms with van der Waals surface area (Å²) >= 11 is 0. The van der Waals surface area contributed by atoms with Crippen molar-refractivity contribution in [2.45, 2.75) is 32.9 Å². The number of para-hydroxylation sites is 1. The summed E-state index contributed by atoms with van der Waals surface area (Å²) in [6.45, 7) is 4.64. The van der Waals surface area contributed by atoms with Gasteiger partial charge in [-0.3, -0.25) is 14.2 Å². The third-order valence-corrected chi connectivity index (χ3v) is 3.52. The number of aromatic nitrogens is 4. The third-order valence-electron chi connectivity index (χ3n) is 3.52. The molecule has 0 aliphatic carbocycles. The molecule has 0 fully saturated rings. The molecule has 3 rings (SSSR count). The molecule has 6 nitrogen and oxygen atoms in total. The monoisotopic (exact) mass is 297 g/mol. The zero-order valence-electron chi connectivity index (χ0n) is 12.7. The first kappa shape index (κ1) is 14.3.